The van der Waals surface area contributed by atoms with E-state index in [9.17, 15) is 14.4 Å². The number of anilines is 2. The van der Waals surface area contributed by atoms with E-state index < -0.39 is 11.8 Å². The lowest BCUT2D eigenvalue weighted by molar-refractivity contribution is -0.136. The van der Waals surface area contributed by atoms with Gasteiger partial charge in [0.05, 0.1) is 6.42 Å². The Bertz CT molecular complexity index is 890. The zero-order chi connectivity index (χ0) is 19.8. The Labute approximate surface area is 157 Å². The molecule has 0 radical (unpaired) electrons. The van der Waals surface area contributed by atoms with Crippen LogP contribution in [-0.4, -0.2) is 23.4 Å². The lowest BCUT2D eigenvalue weighted by Gasteiger charge is -2.08. The highest BCUT2D eigenvalue weighted by Crippen LogP contribution is 2.14. The van der Waals surface area contributed by atoms with Gasteiger partial charge < -0.3 is 10.6 Å². The van der Waals surface area contributed by atoms with E-state index in [1.807, 2.05) is 44.2 Å². The highest BCUT2D eigenvalue weighted by atomic mass is 16.2. The molecule has 0 atom stereocenters. The molecule has 7 heteroatoms. The number of aryl methyl sites for hydroxylation is 2. The molecule has 0 aliphatic heterocycles. The zero-order valence-corrected chi connectivity index (χ0v) is 15.5. The maximum Gasteiger partial charge on any atom is 0.329 e. The van der Waals surface area contributed by atoms with Gasteiger partial charge in [-0.15, -0.1) is 0 Å². The van der Waals surface area contributed by atoms with Gasteiger partial charge in [0.25, 0.3) is 0 Å². The molecule has 0 spiro atoms. The molecule has 2 aromatic carbocycles. The average molecular weight is 366 g/mol. The summed E-state index contributed by atoms with van der Waals surface area (Å²) in [5.41, 5.74) is 5.59. The van der Waals surface area contributed by atoms with Crippen molar-refractivity contribution in [2.24, 2.45) is 5.10 Å². The molecule has 7 nitrogen and oxygen atoms in total. The van der Waals surface area contributed by atoms with Gasteiger partial charge in [0, 0.05) is 17.1 Å². The van der Waals surface area contributed by atoms with Crippen LogP contribution in [-0.2, 0) is 14.4 Å². The van der Waals surface area contributed by atoms with Crippen LogP contribution < -0.4 is 16.1 Å². The van der Waals surface area contributed by atoms with Gasteiger partial charge in [-0.05, 0) is 44.0 Å². The molecule has 0 aromatic heterocycles. The number of hydrogen-bond acceptors (Lipinski definition) is 4. The first-order valence-electron chi connectivity index (χ1n) is 8.42. The molecule has 140 valence electrons. The maximum atomic E-state index is 12.0. The van der Waals surface area contributed by atoms with E-state index in [4.69, 9.17) is 0 Å². The van der Waals surface area contributed by atoms with Crippen molar-refractivity contribution in [1.29, 1.82) is 0 Å². The van der Waals surface area contributed by atoms with Gasteiger partial charge >= 0.3 is 11.8 Å². The van der Waals surface area contributed by atoms with E-state index in [0.29, 0.717) is 11.4 Å². The van der Waals surface area contributed by atoms with Gasteiger partial charge in [-0.3, -0.25) is 14.4 Å². The second-order valence-electron chi connectivity index (χ2n) is 6.10. The minimum Gasteiger partial charge on any atom is -0.326 e. The molecule has 27 heavy (non-hydrogen) atoms. The molecule has 2 aromatic rings. The van der Waals surface area contributed by atoms with Crippen molar-refractivity contribution in [3.63, 3.8) is 0 Å². The third kappa shape index (κ3) is 6.07. The van der Waals surface area contributed by atoms with Crippen molar-refractivity contribution in [2.75, 3.05) is 10.6 Å². The summed E-state index contributed by atoms with van der Waals surface area (Å²) in [6.45, 7) is 5.31. The monoisotopic (exact) mass is 366 g/mol. The molecule has 0 unspecified atom stereocenters. The molecule has 0 bridgehead atoms. The summed E-state index contributed by atoms with van der Waals surface area (Å²) in [7, 11) is 0. The van der Waals surface area contributed by atoms with Crippen molar-refractivity contribution in [3.8, 4) is 0 Å². The molecule has 0 saturated heterocycles. The number of amides is 3. The van der Waals surface area contributed by atoms with Gasteiger partial charge in [-0.25, -0.2) is 5.43 Å². The van der Waals surface area contributed by atoms with Gasteiger partial charge in [0.15, 0.2) is 0 Å². The van der Waals surface area contributed by atoms with E-state index in [1.165, 1.54) is 0 Å². The number of nitrogens with zero attached hydrogens (tertiary/aromatic N) is 1. The first kappa shape index (κ1) is 19.8. The number of nitrogens with one attached hydrogen (secondary N) is 3. The first-order chi connectivity index (χ1) is 12.9. The van der Waals surface area contributed by atoms with Crippen molar-refractivity contribution in [3.05, 3.63) is 59.7 Å². The molecule has 0 aliphatic rings. The fraction of sp³-hybridized carbons (Fsp3) is 0.200. The molecular weight excluding hydrogens is 344 g/mol. The van der Waals surface area contributed by atoms with Crippen LogP contribution in [0.4, 0.5) is 11.4 Å². The quantitative estimate of drug-likeness (QED) is 0.431. The van der Waals surface area contributed by atoms with Crippen LogP contribution in [0.3, 0.4) is 0 Å². The lowest BCUT2D eigenvalue weighted by atomic mass is 10.2. The van der Waals surface area contributed by atoms with Crippen LogP contribution in [0, 0.1) is 13.8 Å². The van der Waals surface area contributed by atoms with E-state index in [2.05, 4.69) is 21.2 Å². The largest absolute Gasteiger partial charge is 0.329 e. The number of carbonyl (C=O) groups is 3. The molecule has 3 N–H and O–H groups in total. The predicted octanol–water partition coefficient (Wildman–Crippen LogP) is 2.76. The number of benzene rings is 2. The number of para-hydroxylation sites is 2. The van der Waals surface area contributed by atoms with Crippen molar-refractivity contribution < 1.29 is 14.4 Å². The second-order valence-corrected chi connectivity index (χ2v) is 6.10. The number of hydrogen-bond donors (Lipinski definition) is 3. The molecule has 3 amide bonds. The summed E-state index contributed by atoms with van der Waals surface area (Å²) in [6.07, 6.45) is -0.00593. The average Bonchev–Trinajstić information content (AvgIpc) is 2.63. The summed E-state index contributed by atoms with van der Waals surface area (Å²) in [6, 6.07) is 14.5. The Morgan fingerprint density at radius 1 is 0.815 bits per heavy atom. The minimum atomic E-state index is -0.906. The maximum absolute atomic E-state index is 12.0. The summed E-state index contributed by atoms with van der Waals surface area (Å²) in [5.74, 6) is -1.99. The Kier molecular flexibility index (Phi) is 6.82. The molecule has 0 aliphatic carbocycles. The smallest absolute Gasteiger partial charge is 0.326 e. The van der Waals surface area contributed by atoms with Crippen molar-refractivity contribution >= 4 is 34.8 Å². The summed E-state index contributed by atoms with van der Waals surface area (Å²) in [4.78, 5) is 35.8. The topological polar surface area (TPSA) is 99.7 Å². The Hall–Kier alpha value is -3.48. The lowest BCUT2D eigenvalue weighted by Crippen LogP contribution is -2.33. The molecule has 0 fully saturated rings. The van der Waals surface area contributed by atoms with Crippen LogP contribution in [0.15, 0.2) is 53.6 Å². The van der Waals surface area contributed by atoms with Crippen LogP contribution in [0.2, 0.25) is 0 Å². The highest BCUT2D eigenvalue weighted by molar-refractivity contribution is 6.39. The van der Waals surface area contributed by atoms with Crippen LogP contribution in [0.25, 0.3) is 0 Å². The number of rotatable bonds is 5. The van der Waals surface area contributed by atoms with Gasteiger partial charge in [0.1, 0.15) is 0 Å². The van der Waals surface area contributed by atoms with Crippen molar-refractivity contribution in [2.45, 2.75) is 27.2 Å². The number of carbonyl (C=O) groups excluding carboxylic acids is 3. The Morgan fingerprint density at radius 3 is 1.89 bits per heavy atom. The fourth-order valence-corrected chi connectivity index (χ4v) is 2.27. The second kappa shape index (κ2) is 9.28. The van der Waals surface area contributed by atoms with E-state index in [0.717, 1.165) is 16.8 Å². The number of hydrazone groups is 1. The Morgan fingerprint density at radius 2 is 1.33 bits per heavy atom. The third-order valence-electron chi connectivity index (χ3n) is 3.78. The Balaban J connectivity index is 1.86. The van der Waals surface area contributed by atoms with Gasteiger partial charge in [-0.1, -0.05) is 36.4 Å². The van der Waals surface area contributed by atoms with Gasteiger partial charge in [-0.2, -0.15) is 5.10 Å². The minimum absolute atomic E-state index is 0.00593. The van der Waals surface area contributed by atoms with Crippen molar-refractivity contribution in [1.82, 2.24) is 5.43 Å². The molecule has 0 heterocycles. The summed E-state index contributed by atoms with van der Waals surface area (Å²) >= 11 is 0. The molecule has 0 saturated carbocycles. The van der Waals surface area contributed by atoms with Crippen LogP contribution in [0.1, 0.15) is 24.5 Å². The normalized spacial score (nSPS) is 10.9. The van der Waals surface area contributed by atoms with E-state index >= 15 is 0 Å². The zero-order valence-electron chi connectivity index (χ0n) is 15.5. The highest BCUT2D eigenvalue weighted by Gasteiger charge is 2.14. The van der Waals surface area contributed by atoms with Crippen LogP contribution in [0.5, 0.6) is 0 Å². The summed E-state index contributed by atoms with van der Waals surface area (Å²) in [5, 5.41) is 9.10. The molecule has 2 rings (SSSR count). The van der Waals surface area contributed by atoms with Gasteiger partial charge in [0.2, 0.25) is 5.91 Å². The summed E-state index contributed by atoms with van der Waals surface area (Å²) < 4.78 is 0. The molecular formula is C20H22N4O3. The van der Waals surface area contributed by atoms with E-state index in [-0.39, 0.29) is 12.3 Å². The van der Waals surface area contributed by atoms with Crippen LogP contribution >= 0.6 is 0 Å². The third-order valence-corrected chi connectivity index (χ3v) is 3.78. The fourth-order valence-electron chi connectivity index (χ4n) is 2.27. The standard InChI is InChI=1S/C20H22N4O3/c1-13-8-4-6-10-16(13)21-18(25)12-15(3)23-24-20(27)19(26)22-17-11-7-5-9-14(17)2/h4-11H,12H2,1-3H3,(H,21,25)(H,22,26)(H,24,27)/b23-15-. The predicted molar refractivity (Wildman–Crippen MR) is 105 cm³/mol. The van der Waals surface area contributed by atoms with E-state index in [1.54, 1.807) is 25.1 Å². The SMILES string of the molecule is C/C(CC(=O)Nc1ccccc1C)=N/NC(=O)C(=O)Nc1ccccc1C. The first-order valence-corrected chi connectivity index (χ1v) is 8.42.